The molecule has 0 saturated carbocycles. The van der Waals surface area contributed by atoms with Crippen molar-refractivity contribution in [1.82, 2.24) is 4.90 Å². The van der Waals surface area contributed by atoms with Gasteiger partial charge in [0.05, 0.1) is 31.4 Å². The minimum absolute atomic E-state index is 0.0112. The lowest BCUT2D eigenvalue weighted by molar-refractivity contribution is -0.140. The van der Waals surface area contributed by atoms with Crippen molar-refractivity contribution in [1.29, 1.82) is 0 Å². The Labute approximate surface area is 185 Å². The van der Waals surface area contributed by atoms with Crippen LogP contribution in [0, 0.1) is 0 Å². The van der Waals surface area contributed by atoms with Crippen LogP contribution in [0.4, 0.5) is 0 Å². The van der Waals surface area contributed by atoms with Crippen molar-refractivity contribution in [2.75, 3.05) is 27.1 Å². The number of fused-ring (bicyclic) bond motifs is 1. The van der Waals surface area contributed by atoms with Gasteiger partial charge < -0.3 is 29.0 Å². The van der Waals surface area contributed by atoms with Gasteiger partial charge in [-0.2, -0.15) is 0 Å². The number of amides is 1. The highest BCUT2D eigenvalue weighted by Gasteiger charge is 2.47. The molecule has 2 aliphatic rings. The molecule has 1 saturated heterocycles. The number of hydrogen-bond acceptors (Lipinski definition) is 7. The van der Waals surface area contributed by atoms with Crippen LogP contribution in [-0.4, -0.2) is 54.9 Å². The fourth-order valence-electron chi connectivity index (χ4n) is 3.91. The van der Waals surface area contributed by atoms with E-state index in [1.165, 1.54) is 12.0 Å². The standard InChI is InChI=1S/C24H25NO7/c1-14(2)30-11-10-25-21(16-6-4-5-7-17(16)29-3)20(23(27)24(25)28)22(26)15-8-9-18-19(12-15)32-13-31-18/h4-9,12,14,21,26H,10-11,13H2,1-3H3/b22-20+. The Balaban J connectivity index is 1.82. The van der Waals surface area contributed by atoms with Gasteiger partial charge in [0.1, 0.15) is 11.5 Å². The minimum atomic E-state index is -0.827. The SMILES string of the molecule is COc1ccccc1C1/C(=C(\O)c2ccc3c(c2)OCO3)C(=O)C(=O)N1CCOC(C)C. The Morgan fingerprint density at radius 1 is 1.16 bits per heavy atom. The van der Waals surface area contributed by atoms with Crippen LogP contribution < -0.4 is 14.2 Å². The number of aliphatic hydroxyl groups excluding tert-OH is 1. The number of ketones is 1. The lowest BCUT2D eigenvalue weighted by Crippen LogP contribution is -2.33. The van der Waals surface area contributed by atoms with Gasteiger partial charge in [-0.1, -0.05) is 18.2 Å². The predicted molar refractivity (Wildman–Crippen MR) is 116 cm³/mol. The average Bonchev–Trinajstić information content (AvgIpc) is 3.36. The van der Waals surface area contributed by atoms with Crippen LogP contribution in [0.5, 0.6) is 17.2 Å². The number of carbonyl (C=O) groups is 2. The highest BCUT2D eigenvalue weighted by atomic mass is 16.7. The van der Waals surface area contributed by atoms with Crippen LogP contribution in [0.15, 0.2) is 48.0 Å². The van der Waals surface area contributed by atoms with Gasteiger partial charge in [0.15, 0.2) is 11.5 Å². The maximum absolute atomic E-state index is 13.1. The quantitative estimate of drug-likeness (QED) is 0.402. The number of likely N-dealkylation sites (tertiary alicyclic amines) is 1. The summed E-state index contributed by atoms with van der Waals surface area (Å²) in [4.78, 5) is 27.5. The second-order valence-corrected chi connectivity index (χ2v) is 7.72. The van der Waals surface area contributed by atoms with Crippen LogP contribution in [0.3, 0.4) is 0 Å². The van der Waals surface area contributed by atoms with E-state index in [9.17, 15) is 14.7 Å². The van der Waals surface area contributed by atoms with Gasteiger partial charge >= 0.3 is 0 Å². The minimum Gasteiger partial charge on any atom is -0.507 e. The molecule has 0 aliphatic carbocycles. The van der Waals surface area contributed by atoms with E-state index < -0.39 is 17.7 Å². The summed E-state index contributed by atoms with van der Waals surface area (Å²) in [5.41, 5.74) is 0.939. The Morgan fingerprint density at radius 3 is 2.66 bits per heavy atom. The van der Waals surface area contributed by atoms with Gasteiger partial charge in [0, 0.05) is 17.7 Å². The zero-order valence-electron chi connectivity index (χ0n) is 18.2. The van der Waals surface area contributed by atoms with E-state index in [4.69, 9.17) is 18.9 Å². The van der Waals surface area contributed by atoms with Crippen molar-refractivity contribution in [2.24, 2.45) is 0 Å². The Morgan fingerprint density at radius 2 is 1.91 bits per heavy atom. The smallest absolute Gasteiger partial charge is 0.295 e. The first-order chi connectivity index (χ1) is 15.4. The molecular formula is C24H25NO7. The molecule has 2 aromatic carbocycles. The number of benzene rings is 2. The number of aliphatic hydroxyl groups is 1. The monoisotopic (exact) mass is 439 g/mol. The topological polar surface area (TPSA) is 94.5 Å². The van der Waals surface area contributed by atoms with Crippen molar-refractivity contribution in [3.63, 3.8) is 0 Å². The highest BCUT2D eigenvalue weighted by Crippen LogP contribution is 2.43. The van der Waals surface area contributed by atoms with E-state index in [1.807, 2.05) is 13.8 Å². The van der Waals surface area contributed by atoms with Gasteiger partial charge in [-0.25, -0.2) is 0 Å². The number of para-hydroxylation sites is 1. The summed E-state index contributed by atoms with van der Waals surface area (Å²) in [5.74, 6) is -0.233. The summed E-state index contributed by atoms with van der Waals surface area (Å²) >= 11 is 0. The molecular weight excluding hydrogens is 414 g/mol. The zero-order valence-corrected chi connectivity index (χ0v) is 18.2. The van der Waals surface area contributed by atoms with E-state index >= 15 is 0 Å². The van der Waals surface area contributed by atoms with E-state index in [1.54, 1.807) is 42.5 Å². The number of carbonyl (C=O) groups excluding carboxylic acids is 2. The molecule has 2 aromatic rings. The fourth-order valence-corrected chi connectivity index (χ4v) is 3.91. The summed E-state index contributed by atoms with van der Waals surface area (Å²) in [6.45, 7) is 4.31. The van der Waals surface area contributed by atoms with E-state index in [0.29, 0.717) is 28.4 Å². The van der Waals surface area contributed by atoms with E-state index in [0.717, 1.165) is 0 Å². The van der Waals surface area contributed by atoms with Crippen LogP contribution in [0.2, 0.25) is 0 Å². The van der Waals surface area contributed by atoms with Gasteiger partial charge in [0.2, 0.25) is 6.79 Å². The van der Waals surface area contributed by atoms with Gasteiger partial charge in [-0.05, 0) is 38.1 Å². The second-order valence-electron chi connectivity index (χ2n) is 7.72. The second kappa shape index (κ2) is 8.92. The maximum atomic E-state index is 13.1. The average molecular weight is 439 g/mol. The summed E-state index contributed by atoms with van der Waals surface area (Å²) in [5, 5.41) is 11.2. The number of ether oxygens (including phenoxy) is 4. The first-order valence-electron chi connectivity index (χ1n) is 10.3. The number of nitrogens with zero attached hydrogens (tertiary/aromatic N) is 1. The first kappa shape index (κ1) is 21.7. The first-order valence-corrected chi connectivity index (χ1v) is 10.3. The molecule has 1 N–H and O–H groups in total. The highest BCUT2D eigenvalue weighted by molar-refractivity contribution is 6.46. The van der Waals surface area contributed by atoms with Gasteiger partial charge in [0.25, 0.3) is 11.7 Å². The van der Waals surface area contributed by atoms with E-state index in [-0.39, 0.29) is 37.4 Å². The zero-order chi connectivity index (χ0) is 22.8. The largest absolute Gasteiger partial charge is 0.507 e. The maximum Gasteiger partial charge on any atom is 0.295 e. The number of Topliss-reactive ketones (excluding diaryl/α,β-unsaturated/α-hetero) is 1. The molecule has 4 rings (SSSR count). The predicted octanol–water partition coefficient (Wildman–Crippen LogP) is 3.27. The normalized spacial score (nSPS) is 19.1. The molecule has 1 unspecified atom stereocenters. The summed E-state index contributed by atoms with van der Waals surface area (Å²) in [7, 11) is 1.52. The number of rotatable bonds is 7. The Hall–Kier alpha value is -3.52. The van der Waals surface area contributed by atoms with Crippen molar-refractivity contribution in [3.05, 3.63) is 59.2 Å². The summed E-state index contributed by atoms with van der Waals surface area (Å²) < 4.78 is 21.8. The van der Waals surface area contributed by atoms with Crippen molar-refractivity contribution in [3.8, 4) is 17.2 Å². The van der Waals surface area contributed by atoms with Gasteiger partial charge in [-0.3, -0.25) is 9.59 Å². The molecule has 1 fully saturated rings. The van der Waals surface area contributed by atoms with Crippen LogP contribution in [-0.2, 0) is 14.3 Å². The van der Waals surface area contributed by atoms with Crippen molar-refractivity contribution >= 4 is 17.4 Å². The third kappa shape index (κ3) is 3.89. The molecule has 0 bridgehead atoms. The molecule has 1 atom stereocenters. The van der Waals surface area contributed by atoms with Gasteiger partial charge in [-0.15, -0.1) is 0 Å². The van der Waals surface area contributed by atoms with Crippen LogP contribution in [0.1, 0.15) is 31.0 Å². The molecule has 2 aliphatic heterocycles. The number of methoxy groups -OCH3 is 1. The molecule has 0 spiro atoms. The third-order valence-corrected chi connectivity index (χ3v) is 5.40. The summed E-state index contributed by atoms with van der Waals surface area (Å²) in [6.07, 6.45) is -0.0230. The van der Waals surface area contributed by atoms with Crippen LogP contribution in [0.25, 0.3) is 5.76 Å². The molecule has 8 heteroatoms. The van der Waals surface area contributed by atoms with Crippen LogP contribution >= 0.6 is 0 Å². The van der Waals surface area contributed by atoms with Crippen molar-refractivity contribution in [2.45, 2.75) is 26.0 Å². The summed E-state index contributed by atoms with van der Waals surface area (Å²) in [6, 6.07) is 11.2. The fraction of sp³-hybridized carbons (Fsp3) is 0.333. The molecule has 2 heterocycles. The molecule has 0 radical (unpaired) electrons. The Kier molecular flexibility index (Phi) is 6.05. The van der Waals surface area contributed by atoms with Crippen molar-refractivity contribution < 1.29 is 33.6 Å². The molecule has 168 valence electrons. The molecule has 1 amide bonds. The molecule has 0 aromatic heterocycles. The Bertz CT molecular complexity index is 1080. The molecule has 32 heavy (non-hydrogen) atoms. The lowest BCUT2D eigenvalue weighted by Gasteiger charge is -2.26. The van der Waals surface area contributed by atoms with E-state index in [2.05, 4.69) is 0 Å². The number of hydrogen-bond donors (Lipinski definition) is 1. The lowest BCUT2D eigenvalue weighted by atomic mass is 9.94. The molecule has 8 nitrogen and oxygen atoms in total. The third-order valence-electron chi connectivity index (χ3n) is 5.40.